The number of nitrogens with one attached hydrogen (secondary N) is 1. The van der Waals surface area contributed by atoms with E-state index < -0.39 is 6.10 Å². The Hall–Kier alpha value is -1.99. The number of halogens is 1. The average Bonchev–Trinajstić information content (AvgIpc) is 3.00. The molecule has 0 unspecified atom stereocenters. The molecule has 0 aliphatic carbocycles. The van der Waals surface area contributed by atoms with Crippen LogP contribution < -0.4 is 10.1 Å². The van der Waals surface area contributed by atoms with Crippen LogP contribution in [0.15, 0.2) is 30.6 Å². The molecule has 2 heterocycles. The van der Waals surface area contributed by atoms with Crippen LogP contribution in [-0.4, -0.2) is 45.2 Å². The summed E-state index contributed by atoms with van der Waals surface area (Å²) in [5.74, 6) is 1.25. The van der Waals surface area contributed by atoms with Crippen molar-refractivity contribution in [3.05, 3.63) is 42.2 Å². The van der Waals surface area contributed by atoms with Crippen LogP contribution in [0.4, 0.5) is 4.39 Å². The molecule has 1 aromatic heterocycles. The largest absolute Gasteiger partial charge is 0.491 e. The Bertz CT molecular complexity index is 602. The quantitative estimate of drug-likeness (QED) is 0.824. The molecule has 1 aliphatic heterocycles. The third-order valence-corrected chi connectivity index (χ3v) is 3.70. The zero-order valence-electron chi connectivity index (χ0n) is 12.2. The van der Waals surface area contributed by atoms with Crippen molar-refractivity contribution in [1.29, 1.82) is 0 Å². The monoisotopic (exact) mass is 306 g/mol. The first-order chi connectivity index (χ1) is 10.7. The molecular formula is C15H19FN4O2. The summed E-state index contributed by atoms with van der Waals surface area (Å²) in [6.45, 7) is 1.37. The number of aliphatic hydroxyl groups excluding tert-OH is 1. The summed E-state index contributed by atoms with van der Waals surface area (Å²) in [5, 5.41) is 17.4. The van der Waals surface area contributed by atoms with Crippen LogP contribution in [0.3, 0.4) is 0 Å². The van der Waals surface area contributed by atoms with Crippen LogP contribution in [-0.2, 0) is 13.0 Å². The number of aliphatic hydroxyl groups is 1. The van der Waals surface area contributed by atoms with Crippen molar-refractivity contribution >= 4 is 0 Å². The minimum absolute atomic E-state index is 0.167. The molecule has 0 fully saturated rings. The molecule has 0 amide bonds. The Morgan fingerprint density at radius 1 is 1.41 bits per heavy atom. The van der Waals surface area contributed by atoms with E-state index in [-0.39, 0.29) is 18.5 Å². The highest BCUT2D eigenvalue weighted by Crippen LogP contribution is 2.12. The fourth-order valence-corrected chi connectivity index (χ4v) is 2.49. The van der Waals surface area contributed by atoms with Crippen molar-refractivity contribution in [3.63, 3.8) is 0 Å². The number of aromatic nitrogens is 3. The SMILES string of the molecule is O[C@@H](CN[C@@H]1CCc2ncnn2C1)COc1ccc(F)cc1. The lowest BCUT2D eigenvalue weighted by molar-refractivity contribution is 0.101. The lowest BCUT2D eigenvalue weighted by atomic mass is 10.1. The molecule has 1 aliphatic rings. The van der Waals surface area contributed by atoms with Crippen LogP contribution in [0.25, 0.3) is 0 Å². The normalized spacial score (nSPS) is 18.7. The highest BCUT2D eigenvalue weighted by molar-refractivity contribution is 5.22. The molecule has 2 atom stereocenters. The molecule has 1 aromatic carbocycles. The molecule has 0 bridgehead atoms. The summed E-state index contributed by atoms with van der Waals surface area (Å²) in [6, 6.07) is 6.02. The predicted octanol–water partition coefficient (Wildman–Crippen LogP) is 0.761. The van der Waals surface area contributed by atoms with Crippen LogP contribution in [0.5, 0.6) is 5.75 Å². The molecule has 2 N–H and O–H groups in total. The van der Waals surface area contributed by atoms with Gasteiger partial charge in [0.05, 0.1) is 6.54 Å². The van der Waals surface area contributed by atoms with Gasteiger partial charge in [-0.1, -0.05) is 0 Å². The van der Waals surface area contributed by atoms with Crippen LogP contribution >= 0.6 is 0 Å². The van der Waals surface area contributed by atoms with Gasteiger partial charge in [-0.3, -0.25) is 0 Å². The Kier molecular flexibility index (Phi) is 4.65. The minimum Gasteiger partial charge on any atom is -0.491 e. The Labute approximate surface area is 127 Å². The summed E-state index contributed by atoms with van der Waals surface area (Å²) in [5.41, 5.74) is 0. The summed E-state index contributed by atoms with van der Waals surface area (Å²) < 4.78 is 20.1. The van der Waals surface area contributed by atoms with Gasteiger partial charge in [-0.2, -0.15) is 5.10 Å². The number of rotatable bonds is 6. The third-order valence-electron chi connectivity index (χ3n) is 3.70. The number of hydrogen-bond acceptors (Lipinski definition) is 5. The summed E-state index contributed by atoms with van der Waals surface area (Å²) in [7, 11) is 0. The van der Waals surface area contributed by atoms with Crippen molar-refractivity contribution < 1.29 is 14.2 Å². The van der Waals surface area contributed by atoms with E-state index in [1.165, 1.54) is 12.1 Å². The first-order valence-corrected chi connectivity index (χ1v) is 7.37. The maximum atomic E-state index is 12.8. The van der Waals surface area contributed by atoms with Crippen molar-refractivity contribution in [2.45, 2.75) is 31.5 Å². The van der Waals surface area contributed by atoms with Crippen LogP contribution in [0, 0.1) is 5.82 Å². The number of nitrogens with zero attached hydrogens (tertiary/aromatic N) is 3. The molecule has 0 saturated heterocycles. The second-order valence-corrected chi connectivity index (χ2v) is 5.42. The van der Waals surface area contributed by atoms with Gasteiger partial charge in [0.25, 0.3) is 0 Å². The molecule has 22 heavy (non-hydrogen) atoms. The molecule has 3 rings (SSSR count). The van der Waals surface area contributed by atoms with E-state index in [1.54, 1.807) is 18.5 Å². The minimum atomic E-state index is -0.623. The number of benzene rings is 1. The van der Waals surface area contributed by atoms with E-state index in [1.807, 2.05) is 4.68 Å². The van der Waals surface area contributed by atoms with Crippen LogP contribution in [0.1, 0.15) is 12.2 Å². The van der Waals surface area contributed by atoms with Gasteiger partial charge >= 0.3 is 0 Å². The van der Waals surface area contributed by atoms with Gasteiger partial charge < -0.3 is 15.2 Å². The van der Waals surface area contributed by atoms with Crippen molar-refractivity contribution in [3.8, 4) is 5.75 Å². The van der Waals surface area contributed by atoms with E-state index in [2.05, 4.69) is 15.4 Å². The molecule has 118 valence electrons. The van der Waals surface area contributed by atoms with E-state index in [0.717, 1.165) is 25.2 Å². The molecule has 6 nitrogen and oxygen atoms in total. The van der Waals surface area contributed by atoms with Gasteiger partial charge in [-0.15, -0.1) is 0 Å². The number of ether oxygens (including phenoxy) is 1. The zero-order valence-corrected chi connectivity index (χ0v) is 12.2. The average molecular weight is 306 g/mol. The van der Waals surface area contributed by atoms with Gasteiger partial charge in [0.15, 0.2) is 0 Å². The standard InChI is InChI=1S/C15H19FN4O2/c16-11-1-4-14(5-2-11)22-9-13(21)7-17-12-3-6-15-18-10-19-20(15)8-12/h1-2,4-5,10,12-13,17,21H,3,6-9H2/t12-,13+/m1/s1. The van der Waals surface area contributed by atoms with Gasteiger partial charge in [0.2, 0.25) is 0 Å². The number of fused-ring (bicyclic) bond motifs is 1. The van der Waals surface area contributed by atoms with Gasteiger partial charge in [-0.25, -0.2) is 14.1 Å². The van der Waals surface area contributed by atoms with Gasteiger partial charge in [0.1, 0.15) is 36.4 Å². The van der Waals surface area contributed by atoms with Gasteiger partial charge in [-0.05, 0) is 30.7 Å². The first kappa shape index (κ1) is 14.9. The fourth-order valence-electron chi connectivity index (χ4n) is 2.49. The third kappa shape index (κ3) is 3.80. The van der Waals surface area contributed by atoms with Crippen molar-refractivity contribution in [1.82, 2.24) is 20.1 Å². The van der Waals surface area contributed by atoms with E-state index in [4.69, 9.17) is 4.74 Å². The van der Waals surface area contributed by atoms with Crippen molar-refractivity contribution in [2.75, 3.05) is 13.2 Å². The molecular weight excluding hydrogens is 287 g/mol. The second kappa shape index (κ2) is 6.85. The van der Waals surface area contributed by atoms with E-state index in [9.17, 15) is 9.50 Å². The topological polar surface area (TPSA) is 72.2 Å². The molecule has 0 spiro atoms. The molecule has 0 radical (unpaired) electrons. The summed E-state index contributed by atoms with van der Waals surface area (Å²) in [4.78, 5) is 4.18. The zero-order chi connectivity index (χ0) is 15.4. The highest BCUT2D eigenvalue weighted by atomic mass is 19.1. The first-order valence-electron chi connectivity index (χ1n) is 7.37. The smallest absolute Gasteiger partial charge is 0.138 e. The lowest BCUT2D eigenvalue weighted by Crippen LogP contribution is -2.42. The summed E-state index contributed by atoms with van der Waals surface area (Å²) >= 11 is 0. The van der Waals surface area contributed by atoms with Crippen LogP contribution in [0.2, 0.25) is 0 Å². The van der Waals surface area contributed by atoms with Gasteiger partial charge in [0, 0.05) is 19.0 Å². The second-order valence-electron chi connectivity index (χ2n) is 5.42. The Balaban J connectivity index is 1.39. The van der Waals surface area contributed by atoms with Crippen molar-refractivity contribution in [2.24, 2.45) is 0 Å². The van der Waals surface area contributed by atoms with E-state index in [0.29, 0.717) is 12.3 Å². The predicted molar refractivity (Wildman–Crippen MR) is 78.0 cm³/mol. The summed E-state index contributed by atoms with van der Waals surface area (Å²) in [6.07, 6.45) is 2.81. The molecule has 7 heteroatoms. The Morgan fingerprint density at radius 2 is 2.23 bits per heavy atom. The molecule has 0 saturated carbocycles. The Morgan fingerprint density at radius 3 is 3.05 bits per heavy atom. The number of aryl methyl sites for hydroxylation is 1. The number of hydrogen-bond donors (Lipinski definition) is 2. The highest BCUT2D eigenvalue weighted by Gasteiger charge is 2.20. The maximum absolute atomic E-state index is 12.8. The maximum Gasteiger partial charge on any atom is 0.138 e. The van der Waals surface area contributed by atoms with E-state index >= 15 is 0 Å². The molecule has 2 aromatic rings. The lowest BCUT2D eigenvalue weighted by Gasteiger charge is -2.24. The fraction of sp³-hybridized carbons (Fsp3) is 0.467.